The molecule has 0 aromatic heterocycles. The van der Waals surface area contributed by atoms with Crippen LogP contribution in [0.4, 0.5) is 0 Å². The SMILES string of the molecule is CCc1ccc(S(=O)(=O)NC(Cc2ccc(C#N)cc2)C(=O)N(C)C2CCCC2)cc1CC. The first-order chi connectivity index (χ1) is 15.8. The third-order valence-corrected chi connectivity index (χ3v) is 8.06. The van der Waals surface area contributed by atoms with Crippen molar-refractivity contribution in [2.24, 2.45) is 0 Å². The zero-order valence-electron chi connectivity index (χ0n) is 19.7. The molecule has 0 spiro atoms. The number of hydrogen-bond donors (Lipinski definition) is 1. The zero-order valence-corrected chi connectivity index (χ0v) is 20.5. The van der Waals surface area contributed by atoms with Crippen LogP contribution in [0.2, 0.25) is 0 Å². The van der Waals surface area contributed by atoms with Crippen molar-refractivity contribution in [3.63, 3.8) is 0 Å². The molecule has 1 fully saturated rings. The summed E-state index contributed by atoms with van der Waals surface area (Å²) in [6, 6.07) is 13.4. The molecule has 7 heteroatoms. The Hall–Kier alpha value is -2.69. The second-order valence-electron chi connectivity index (χ2n) is 8.71. The third kappa shape index (κ3) is 6.01. The predicted molar refractivity (Wildman–Crippen MR) is 129 cm³/mol. The van der Waals surface area contributed by atoms with Gasteiger partial charge in [0.1, 0.15) is 6.04 Å². The largest absolute Gasteiger partial charge is 0.341 e. The number of carbonyl (C=O) groups excluding carboxylic acids is 1. The molecule has 1 amide bonds. The van der Waals surface area contributed by atoms with Gasteiger partial charge in [0.15, 0.2) is 0 Å². The minimum atomic E-state index is -3.90. The molecule has 0 saturated heterocycles. The van der Waals surface area contributed by atoms with Crippen molar-refractivity contribution in [2.45, 2.75) is 75.8 Å². The highest BCUT2D eigenvalue weighted by Crippen LogP contribution is 2.24. The van der Waals surface area contributed by atoms with E-state index in [2.05, 4.69) is 10.8 Å². The molecule has 1 saturated carbocycles. The van der Waals surface area contributed by atoms with Gasteiger partial charge >= 0.3 is 0 Å². The smallest absolute Gasteiger partial charge is 0.241 e. The highest BCUT2D eigenvalue weighted by Gasteiger charge is 2.32. The molecule has 1 aliphatic carbocycles. The van der Waals surface area contributed by atoms with Gasteiger partial charge in [0.2, 0.25) is 15.9 Å². The van der Waals surface area contributed by atoms with Crippen LogP contribution in [0.5, 0.6) is 0 Å². The molecule has 1 unspecified atom stereocenters. The first-order valence-corrected chi connectivity index (χ1v) is 13.2. The van der Waals surface area contributed by atoms with E-state index in [4.69, 9.17) is 5.26 Å². The number of amides is 1. The second-order valence-corrected chi connectivity index (χ2v) is 10.4. The van der Waals surface area contributed by atoms with Crippen molar-refractivity contribution < 1.29 is 13.2 Å². The fraction of sp³-hybridized carbons (Fsp3) is 0.462. The average Bonchev–Trinajstić information content (AvgIpc) is 3.37. The number of aryl methyl sites for hydroxylation is 2. The summed E-state index contributed by atoms with van der Waals surface area (Å²) in [6.45, 7) is 4.05. The third-order valence-electron chi connectivity index (χ3n) is 6.59. The van der Waals surface area contributed by atoms with Crippen molar-refractivity contribution >= 4 is 15.9 Å². The van der Waals surface area contributed by atoms with E-state index in [0.717, 1.165) is 55.2 Å². The lowest BCUT2D eigenvalue weighted by atomic mass is 10.0. The maximum Gasteiger partial charge on any atom is 0.241 e. The van der Waals surface area contributed by atoms with Gasteiger partial charge in [0.05, 0.1) is 16.5 Å². The van der Waals surface area contributed by atoms with Gasteiger partial charge in [-0.2, -0.15) is 9.98 Å². The summed E-state index contributed by atoms with van der Waals surface area (Å²) in [4.78, 5) is 15.3. The Morgan fingerprint density at radius 1 is 1.09 bits per heavy atom. The van der Waals surface area contributed by atoms with Gasteiger partial charge in [-0.1, -0.05) is 44.9 Å². The standard InChI is InChI=1S/C26H33N3O3S/c1-4-21-14-15-24(17-22(21)5-2)33(31,32)28-25(16-19-10-12-20(18-27)13-11-19)26(30)29(3)23-8-6-7-9-23/h10-15,17,23,25,28H,4-9,16H2,1-3H3. The molecule has 1 atom stereocenters. The number of likely N-dealkylation sites (N-methyl/N-ethyl adjacent to an activating group) is 1. The Balaban J connectivity index is 1.90. The number of nitriles is 1. The monoisotopic (exact) mass is 467 g/mol. The van der Waals surface area contributed by atoms with Gasteiger partial charge in [-0.3, -0.25) is 4.79 Å². The van der Waals surface area contributed by atoms with Crippen LogP contribution in [0.25, 0.3) is 0 Å². The number of sulfonamides is 1. The first kappa shape index (κ1) is 24.9. The van der Waals surface area contributed by atoms with Crippen molar-refractivity contribution in [1.29, 1.82) is 5.26 Å². The molecule has 2 aromatic rings. The lowest BCUT2D eigenvalue weighted by molar-refractivity contribution is -0.133. The number of nitrogens with one attached hydrogen (secondary N) is 1. The van der Waals surface area contributed by atoms with Crippen LogP contribution in [0.3, 0.4) is 0 Å². The van der Waals surface area contributed by atoms with E-state index < -0.39 is 16.1 Å². The number of benzene rings is 2. The Labute approximate surface area is 197 Å². The van der Waals surface area contributed by atoms with E-state index in [9.17, 15) is 13.2 Å². The van der Waals surface area contributed by atoms with Crippen LogP contribution in [0.15, 0.2) is 47.4 Å². The fourth-order valence-electron chi connectivity index (χ4n) is 4.55. The molecule has 33 heavy (non-hydrogen) atoms. The Morgan fingerprint density at radius 2 is 1.73 bits per heavy atom. The summed E-state index contributed by atoms with van der Waals surface area (Å²) in [5.74, 6) is -0.226. The Kier molecular flexibility index (Phi) is 8.28. The number of nitrogens with zero attached hydrogens (tertiary/aromatic N) is 2. The minimum absolute atomic E-state index is 0.140. The van der Waals surface area contributed by atoms with Crippen LogP contribution in [0, 0.1) is 11.3 Å². The van der Waals surface area contributed by atoms with Crippen LogP contribution >= 0.6 is 0 Å². The summed E-state index contributed by atoms with van der Waals surface area (Å²) < 4.78 is 29.3. The number of hydrogen-bond acceptors (Lipinski definition) is 4. The van der Waals surface area contributed by atoms with Gasteiger partial charge in [-0.05, 0) is 73.1 Å². The van der Waals surface area contributed by atoms with Crippen molar-refractivity contribution in [3.05, 3.63) is 64.7 Å². The van der Waals surface area contributed by atoms with Gasteiger partial charge in [-0.15, -0.1) is 0 Å². The lowest BCUT2D eigenvalue weighted by Gasteiger charge is -2.29. The molecule has 176 valence electrons. The van der Waals surface area contributed by atoms with Gasteiger partial charge in [0, 0.05) is 13.1 Å². The molecule has 1 aliphatic rings. The first-order valence-electron chi connectivity index (χ1n) is 11.7. The summed E-state index contributed by atoms with van der Waals surface area (Å²) in [5.41, 5.74) is 3.44. The molecule has 0 bridgehead atoms. The van der Waals surface area contributed by atoms with Gasteiger partial charge < -0.3 is 4.90 Å². The minimum Gasteiger partial charge on any atom is -0.341 e. The molecule has 0 aliphatic heterocycles. The maximum atomic E-state index is 13.4. The van der Waals surface area contributed by atoms with Crippen LogP contribution in [-0.2, 0) is 34.1 Å². The molecule has 6 nitrogen and oxygen atoms in total. The quantitative estimate of drug-likeness (QED) is 0.604. The zero-order chi connectivity index (χ0) is 24.0. The molecular weight excluding hydrogens is 434 g/mol. The topological polar surface area (TPSA) is 90.3 Å². The van der Waals surface area contributed by atoms with Crippen molar-refractivity contribution in [1.82, 2.24) is 9.62 Å². The van der Waals surface area contributed by atoms with Crippen molar-refractivity contribution in [2.75, 3.05) is 7.05 Å². The summed E-state index contributed by atoms with van der Waals surface area (Å²) in [7, 11) is -2.13. The van der Waals surface area contributed by atoms with Crippen molar-refractivity contribution in [3.8, 4) is 6.07 Å². The highest BCUT2D eigenvalue weighted by atomic mass is 32.2. The van der Waals surface area contributed by atoms with E-state index in [1.807, 2.05) is 19.9 Å². The second kappa shape index (κ2) is 11.0. The summed E-state index contributed by atoms with van der Waals surface area (Å²) in [6.07, 6.45) is 5.84. The molecule has 1 N–H and O–H groups in total. The molecule has 3 rings (SSSR count). The van der Waals surface area contributed by atoms with E-state index in [0.29, 0.717) is 5.56 Å². The van der Waals surface area contributed by atoms with Crippen LogP contribution in [0.1, 0.15) is 61.8 Å². The highest BCUT2D eigenvalue weighted by molar-refractivity contribution is 7.89. The summed E-state index contributed by atoms with van der Waals surface area (Å²) in [5, 5.41) is 9.05. The fourth-order valence-corrected chi connectivity index (χ4v) is 5.79. The van der Waals surface area contributed by atoms with Crippen LogP contribution in [-0.4, -0.2) is 38.4 Å². The van der Waals surface area contributed by atoms with E-state index >= 15 is 0 Å². The number of rotatable bonds is 9. The normalized spacial score (nSPS) is 15.2. The molecule has 2 aromatic carbocycles. The van der Waals surface area contributed by atoms with Gasteiger partial charge in [0.25, 0.3) is 0 Å². The molecule has 0 heterocycles. The number of carbonyl (C=O) groups is 1. The van der Waals surface area contributed by atoms with Gasteiger partial charge in [-0.25, -0.2) is 8.42 Å². The summed E-state index contributed by atoms with van der Waals surface area (Å²) >= 11 is 0. The molecule has 0 radical (unpaired) electrons. The Bertz CT molecular complexity index is 1110. The Morgan fingerprint density at radius 3 is 2.30 bits per heavy atom. The average molecular weight is 468 g/mol. The van der Waals surface area contributed by atoms with E-state index in [-0.39, 0.29) is 23.3 Å². The van der Waals surface area contributed by atoms with E-state index in [1.54, 1.807) is 48.3 Å². The van der Waals surface area contributed by atoms with Crippen LogP contribution < -0.4 is 4.72 Å². The molecular formula is C26H33N3O3S. The van der Waals surface area contributed by atoms with E-state index in [1.165, 1.54) is 0 Å². The predicted octanol–water partition coefficient (Wildman–Crippen LogP) is 3.97. The lowest BCUT2D eigenvalue weighted by Crippen LogP contribution is -2.50. The maximum absolute atomic E-state index is 13.4.